The molecule has 0 aliphatic rings. The summed E-state index contributed by atoms with van der Waals surface area (Å²) in [6.45, 7) is 2.02. The number of rotatable bonds is 5. The van der Waals surface area contributed by atoms with E-state index in [9.17, 15) is 4.79 Å². The third kappa shape index (κ3) is 3.48. The van der Waals surface area contributed by atoms with Gasteiger partial charge in [-0.05, 0) is 59.3 Å². The van der Waals surface area contributed by atoms with Crippen molar-refractivity contribution in [3.8, 4) is 22.7 Å². The maximum Gasteiger partial charge on any atom is 0.360 e. The second-order valence-electron chi connectivity index (χ2n) is 5.32. The van der Waals surface area contributed by atoms with Crippen LogP contribution in [0.5, 0.6) is 5.75 Å². The van der Waals surface area contributed by atoms with E-state index >= 15 is 0 Å². The average Bonchev–Trinajstić information content (AvgIpc) is 2.99. The summed E-state index contributed by atoms with van der Waals surface area (Å²) in [5, 5.41) is 4.98. The number of benzene rings is 2. The summed E-state index contributed by atoms with van der Waals surface area (Å²) in [6.07, 6.45) is 0. The first kappa shape index (κ1) is 18.5. The van der Waals surface area contributed by atoms with Crippen LogP contribution in [0.4, 0.5) is 0 Å². The first-order valence-electron chi connectivity index (χ1n) is 7.91. The molecule has 2 aromatic carbocycles. The lowest BCUT2D eigenvalue weighted by molar-refractivity contribution is 0.0518. The summed E-state index contributed by atoms with van der Waals surface area (Å²) in [5.74, 6) is 0.235. The summed E-state index contributed by atoms with van der Waals surface area (Å²) in [7, 11) is 1.61. The van der Waals surface area contributed by atoms with E-state index in [1.54, 1.807) is 24.8 Å². The second-order valence-corrected chi connectivity index (χ2v) is 6.52. The molecule has 0 spiro atoms. The highest BCUT2D eigenvalue weighted by Gasteiger charge is 2.25. The first-order chi connectivity index (χ1) is 12.6. The Labute approximate surface area is 164 Å². The third-order valence-electron chi connectivity index (χ3n) is 3.74. The predicted octanol–water partition coefficient (Wildman–Crippen LogP) is 5.14. The maximum atomic E-state index is 12.3. The van der Waals surface area contributed by atoms with Crippen molar-refractivity contribution in [2.24, 2.45) is 0 Å². The van der Waals surface area contributed by atoms with Gasteiger partial charge in [0.15, 0.2) is 5.69 Å². The van der Waals surface area contributed by atoms with Gasteiger partial charge in [0.1, 0.15) is 5.75 Å². The summed E-state index contributed by atoms with van der Waals surface area (Å²) in [4.78, 5) is 12.3. The maximum absolute atomic E-state index is 12.3. The van der Waals surface area contributed by atoms with Gasteiger partial charge in [-0.25, -0.2) is 9.48 Å². The zero-order valence-corrected chi connectivity index (χ0v) is 16.5. The Morgan fingerprint density at radius 3 is 2.50 bits per heavy atom. The van der Waals surface area contributed by atoms with Gasteiger partial charge >= 0.3 is 5.97 Å². The van der Waals surface area contributed by atoms with Crippen LogP contribution in [-0.2, 0) is 4.74 Å². The molecule has 0 fully saturated rings. The number of esters is 1. The zero-order chi connectivity index (χ0) is 18.7. The fourth-order valence-corrected chi connectivity index (χ4v) is 3.38. The van der Waals surface area contributed by atoms with Crippen LogP contribution in [0.25, 0.3) is 16.9 Å². The molecule has 3 aromatic rings. The van der Waals surface area contributed by atoms with E-state index in [4.69, 9.17) is 21.1 Å². The highest BCUT2D eigenvalue weighted by atomic mass is 79.9. The Hall–Kier alpha value is -2.31. The van der Waals surface area contributed by atoms with Crippen molar-refractivity contribution < 1.29 is 14.3 Å². The van der Waals surface area contributed by atoms with Crippen molar-refractivity contribution in [3.05, 3.63) is 63.7 Å². The molecule has 3 rings (SSSR count). The number of aromatic nitrogens is 2. The highest BCUT2D eigenvalue weighted by molar-refractivity contribution is 9.10. The minimum atomic E-state index is -0.500. The summed E-state index contributed by atoms with van der Waals surface area (Å²) < 4.78 is 12.5. The van der Waals surface area contributed by atoms with E-state index in [2.05, 4.69) is 21.0 Å². The fourth-order valence-electron chi connectivity index (χ4n) is 2.52. The lowest BCUT2D eigenvalue weighted by Gasteiger charge is -2.10. The first-order valence-corrected chi connectivity index (χ1v) is 9.08. The molecule has 0 aliphatic heterocycles. The molecule has 0 N–H and O–H groups in total. The molecule has 0 unspecified atom stereocenters. The summed E-state index contributed by atoms with van der Waals surface area (Å²) in [6, 6.07) is 14.8. The number of halogens is 2. The molecule has 7 heteroatoms. The number of hydrogen-bond donors (Lipinski definition) is 0. The lowest BCUT2D eigenvalue weighted by Crippen LogP contribution is -2.07. The van der Waals surface area contributed by atoms with Crippen molar-refractivity contribution in [2.45, 2.75) is 6.92 Å². The van der Waals surface area contributed by atoms with E-state index in [1.807, 2.05) is 42.5 Å². The van der Waals surface area contributed by atoms with Crippen LogP contribution < -0.4 is 4.74 Å². The molecule has 0 saturated heterocycles. The van der Waals surface area contributed by atoms with Crippen LogP contribution in [0.1, 0.15) is 17.4 Å². The Kier molecular flexibility index (Phi) is 5.64. The van der Waals surface area contributed by atoms with E-state index < -0.39 is 5.97 Å². The van der Waals surface area contributed by atoms with Crippen LogP contribution in [0.15, 0.2) is 53.0 Å². The predicted molar refractivity (Wildman–Crippen MR) is 104 cm³/mol. The Morgan fingerprint density at radius 2 is 1.88 bits per heavy atom. The zero-order valence-electron chi connectivity index (χ0n) is 14.2. The minimum absolute atomic E-state index is 0.192. The van der Waals surface area contributed by atoms with Gasteiger partial charge in [-0.2, -0.15) is 5.10 Å². The molecular formula is C19H16BrClN2O3. The van der Waals surface area contributed by atoms with Gasteiger partial charge in [0, 0.05) is 5.56 Å². The number of carbonyl (C=O) groups excluding carboxylic acids is 1. The average molecular weight is 436 g/mol. The molecule has 0 amide bonds. The second kappa shape index (κ2) is 7.93. The number of carbonyl (C=O) groups is 1. The van der Waals surface area contributed by atoms with E-state index in [-0.39, 0.29) is 12.3 Å². The monoisotopic (exact) mass is 434 g/mol. The molecule has 0 atom stereocenters. The van der Waals surface area contributed by atoms with Gasteiger partial charge < -0.3 is 9.47 Å². The molecule has 1 aromatic heterocycles. The number of hydrogen-bond acceptors (Lipinski definition) is 4. The largest absolute Gasteiger partial charge is 0.497 e. The minimum Gasteiger partial charge on any atom is -0.497 e. The summed E-state index contributed by atoms with van der Waals surface area (Å²) in [5.41, 5.74) is 2.40. The number of methoxy groups -OCH3 is 1. The molecule has 134 valence electrons. The van der Waals surface area contributed by atoms with Crippen molar-refractivity contribution in [1.29, 1.82) is 0 Å². The number of ether oxygens (including phenoxy) is 2. The van der Waals surface area contributed by atoms with Crippen molar-refractivity contribution in [1.82, 2.24) is 9.78 Å². The smallest absolute Gasteiger partial charge is 0.360 e. The van der Waals surface area contributed by atoms with Crippen molar-refractivity contribution in [2.75, 3.05) is 13.7 Å². The molecule has 0 radical (unpaired) electrons. The normalized spacial score (nSPS) is 10.6. The van der Waals surface area contributed by atoms with E-state index in [1.165, 1.54) is 0 Å². The molecular weight excluding hydrogens is 420 g/mol. The molecule has 26 heavy (non-hydrogen) atoms. The van der Waals surface area contributed by atoms with Crippen LogP contribution in [0.2, 0.25) is 5.02 Å². The van der Waals surface area contributed by atoms with Gasteiger partial charge in [-0.15, -0.1) is 0 Å². The molecule has 0 bridgehead atoms. The Balaban J connectivity index is 2.23. The number of para-hydroxylation sites is 1. The highest BCUT2D eigenvalue weighted by Crippen LogP contribution is 2.36. The molecule has 5 nitrogen and oxygen atoms in total. The lowest BCUT2D eigenvalue weighted by atomic mass is 10.1. The number of nitrogens with zero attached hydrogens (tertiary/aromatic N) is 2. The van der Waals surface area contributed by atoms with E-state index in [0.717, 1.165) is 11.3 Å². The SMILES string of the molecule is CCOC(=O)c1nn(-c2ccccc2Cl)c(-c2ccc(OC)cc2)c1Br. The molecule has 1 heterocycles. The van der Waals surface area contributed by atoms with Crippen LogP contribution in [-0.4, -0.2) is 29.5 Å². The third-order valence-corrected chi connectivity index (χ3v) is 4.81. The summed E-state index contributed by atoms with van der Waals surface area (Å²) >= 11 is 9.86. The topological polar surface area (TPSA) is 53.3 Å². The molecule has 0 saturated carbocycles. The van der Waals surface area contributed by atoms with Gasteiger partial charge in [0.05, 0.1) is 34.6 Å². The van der Waals surface area contributed by atoms with Crippen LogP contribution in [0, 0.1) is 0 Å². The fraction of sp³-hybridized carbons (Fsp3) is 0.158. The van der Waals surface area contributed by atoms with Gasteiger partial charge in [-0.1, -0.05) is 23.7 Å². The molecule has 0 aliphatic carbocycles. The standard InChI is InChI=1S/C19H16BrClN2O3/c1-3-26-19(24)17-16(20)18(12-8-10-13(25-2)11-9-12)23(22-17)15-7-5-4-6-14(15)21/h4-11H,3H2,1-2H3. The Bertz CT molecular complexity index is 938. The van der Waals surface area contributed by atoms with Crippen LogP contribution >= 0.6 is 27.5 Å². The van der Waals surface area contributed by atoms with Crippen molar-refractivity contribution >= 4 is 33.5 Å². The quantitative estimate of drug-likeness (QED) is 0.521. The van der Waals surface area contributed by atoms with Crippen molar-refractivity contribution in [3.63, 3.8) is 0 Å². The van der Waals surface area contributed by atoms with Gasteiger partial charge in [0.2, 0.25) is 0 Å². The van der Waals surface area contributed by atoms with E-state index in [0.29, 0.717) is 20.9 Å². The van der Waals surface area contributed by atoms with Gasteiger partial charge in [-0.3, -0.25) is 0 Å². The van der Waals surface area contributed by atoms with Gasteiger partial charge in [0.25, 0.3) is 0 Å². The Morgan fingerprint density at radius 1 is 1.19 bits per heavy atom. The van der Waals surface area contributed by atoms with Crippen LogP contribution in [0.3, 0.4) is 0 Å².